The molecule has 2 aromatic rings. The molecule has 106 valence electrons. The first-order valence-corrected chi connectivity index (χ1v) is 9.63. The number of aryl methyl sites for hydroxylation is 3. The van der Waals surface area contributed by atoms with Gasteiger partial charge in [0.25, 0.3) is 0 Å². The van der Waals surface area contributed by atoms with Gasteiger partial charge in [0, 0.05) is 25.1 Å². The lowest BCUT2D eigenvalue weighted by Crippen LogP contribution is -2.23. The van der Waals surface area contributed by atoms with Crippen molar-refractivity contribution in [3.05, 3.63) is 35.9 Å². The van der Waals surface area contributed by atoms with Gasteiger partial charge >= 0.3 is 0 Å². The van der Waals surface area contributed by atoms with Crippen LogP contribution in [0.3, 0.4) is 0 Å². The van der Waals surface area contributed by atoms with Crippen molar-refractivity contribution < 1.29 is 0 Å². The zero-order valence-corrected chi connectivity index (χ0v) is 14.6. The molecule has 2 aromatic heterocycles. The third kappa shape index (κ3) is 2.49. The molecule has 0 radical (unpaired) electrons. The Labute approximate surface area is 135 Å². The SMILES string of the molecule is Cc1sc(C(NC2CC2)c2nc3c(s2)CCC3)cc1Br. The van der Waals surface area contributed by atoms with Crippen LogP contribution in [0.15, 0.2) is 10.5 Å². The number of nitrogens with zero attached hydrogens (tertiary/aromatic N) is 1. The largest absolute Gasteiger partial charge is 0.301 e. The number of thiophene rings is 1. The molecule has 0 spiro atoms. The Morgan fingerprint density at radius 1 is 1.35 bits per heavy atom. The number of halogens is 1. The van der Waals surface area contributed by atoms with Crippen molar-refractivity contribution in [3.63, 3.8) is 0 Å². The molecule has 0 saturated heterocycles. The van der Waals surface area contributed by atoms with Gasteiger partial charge in [-0.05, 0) is 61.0 Å². The van der Waals surface area contributed by atoms with E-state index in [1.54, 1.807) is 0 Å². The quantitative estimate of drug-likeness (QED) is 0.852. The van der Waals surface area contributed by atoms with Crippen LogP contribution in [0.4, 0.5) is 0 Å². The Morgan fingerprint density at radius 2 is 2.20 bits per heavy atom. The average molecular weight is 369 g/mol. The van der Waals surface area contributed by atoms with Crippen LogP contribution in [-0.4, -0.2) is 11.0 Å². The minimum Gasteiger partial charge on any atom is -0.301 e. The number of hydrogen-bond acceptors (Lipinski definition) is 4. The van der Waals surface area contributed by atoms with E-state index in [4.69, 9.17) is 4.98 Å². The summed E-state index contributed by atoms with van der Waals surface area (Å²) < 4.78 is 1.23. The van der Waals surface area contributed by atoms with E-state index in [2.05, 4.69) is 34.2 Å². The Bertz CT molecular complexity index is 601. The molecule has 1 atom stereocenters. The zero-order chi connectivity index (χ0) is 13.7. The van der Waals surface area contributed by atoms with Gasteiger partial charge in [-0.3, -0.25) is 0 Å². The second kappa shape index (κ2) is 5.20. The first-order valence-electron chi connectivity index (χ1n) is 7.21. The molecule has 0 aliphatic heterocycles. The van der Waals surface area contributed by atoms with Gasteiger partial charge in [-0.1, -0.05) is 0 Å². The standard InChI is InChI=1S/C15H17BrN2S2/c1-8-10(16)7-13(19-8)14(17-9-5-6-9)15-18-11-3-2-4-12(11)20-15/h7,9,14,17H,2-6H2,1H3. The van der Waals surface area contributed by atoms with Crippen molar-refractivity contribution in [2.75, 3.05) is 0 Å². The summed E-state index contributed by atoms with van der Waals surface area (Å²) in [7, 11) is 0. The molecule has 2 aliphatic rings. The van der Waals surface area contributed by atoms with Crippen molar-refractivity contribution in [3.8, 4) is 0 Å². The minimum atomic E-state index is 0.299. The fourth-order valence-corrected chi connectivity index (χ4v) is 5.65. The molecule has 1 unspecified atom stereocenters. The van der Waals surface area contributed by atoms with Crippen molar-refractivity contribution in [2.45, 2.75) is 51.1 Å². The normalized spacial score (nSPS) is 19.3. The van der Waals surface area contributed by atoms with E-state index in [1.807, 2.05) is 22.7 Å². The monoisotopic (exact) mass is 368 g/mol. The number of hydrogen-bond donors (Lipinski definition) is 1. The molecule has 2 nitrogen and oxygen atoms in total. The molecular weight excluding hydrogens is 352 g/mol. The lowest BCUT2D eigenvalue weighted by Gasteiger charge is -2.14. The van der Waals surface area contributed by atoms with E-state index in [0.717, 1.165) is 0 Å². The average Bonchev–Trinajstić information content (AvgIpc) is 2.82. The van der Waals surface area contributed by atoms with E-state index in [0.29, 0.717) is 12.1 Å². The number of thiazole rings is 1. The van der Waals surface area contributed by atoms with E-state index in [-0.39, 0.29) is 0 Å². The fraction of sp³-hybridized carbons (Fsp3) is 0.533. The number of nitrogens with one attached hydrogen (secondary N) is 1. The highest BCUT2D eigenvalue weighted by Crippen LogP contribution is 2.39. The van der Waals surface area contributed by atoms with Gasteiger partial charge in [0.1, 0.15) is 5.01 Å². The van der Waals surface area contributed by atoms with Crippen LogP contribution in [0.2, 0.25) is 0 Å². The molecule has 1 fully saturated rings. The maximum absolute atomic E-state index is 4.93. The lowest BCUT2D eigenvalue weighted by molar-refractivity contribution is 0.604. The van der Waals surface area contributed by atoms with E-state index in [1.165, 1.54) is 61.9 Å². The summed E-state index contributed by atoms with van der Waals surface area (Å²) in [5, 5.41) is 5.06. The molecule has 0 aromatic carbocycles. The topological polar surface area (TPSA) is 24.9 Å². The maximum atomic E-state index is 4.93. The third-order valence-corrected chi connectivity index (χ3v) is 7.42. The smallest absolute Gasteiger partial charge is 0.116 e. The Kier molecular flexibility index (Phi) is 3.49. The number of rotatable bonds is 4. The summed E-state index contributed by atoms with van der Waals surface area (Å²) in [5.74, 6) is 0. The van der Waals surface area contributed by atoms with Gasteiger partial charge in [-0.15, -0.1) is 22.7 Å². The Morgan fingerprint density at radius 3 is 2.85 bits per heavy atom. The number of aromatic nitrogens is 1. The predicted molar refractivity (Wildman–Crippen MR) is 88.9 cm³/mol. The zero-order valence-electron chi connectivity index (χ0n) is 11.4. The van der Waals surface area contributed by atoms with E-state index in [9.17, 15) is 0 Å². The summed E-state index contributed by atoms with van der Waals surface area (Å²) in [6.45, 7) is 2.17. The van der Waals surface area contributed by atoms with Gasteiger partial charge in [0.05, 0.1) is 11.7 Å². The van der Waals surface area contributed by atoms with E-state index >= 15 is 0 Å². The van der Waals surface area contributed by atoms with Crippen molar-refractivity contribution >= 4 is 38.6 Å². The molecule has 1 N–H and O–H groups in total. The van der Waals surface area contributed by atoms with Crippen molar-refractivity contribution in [2.24, 2.45) is 0 Å². The lowest BCUT2D eigenvalue weighted by atomic mass is 10.2. The van der Waals surface area contributed by atoms with Crippen LogP contribution in [0.25, 0.3) is 0 Å². The van der Waals surface area contributed by atoms with Crippen LogP contribution in [0.1, 0.15) is 50.6 Å². The second-order valence-corrected chi connectivity index (χ2v) is 8.96. The minimum absolute atomic E-state index is 0.299. The Hall–Kier alpha value is -0.230. The summed E-state index contributed by atoms with van der Waals surface area (Å²) in [6.07, 6.45) is 6.32. The third-order valence-electron chi connectivity index (χ3n) is 4.00. The molecule has 5 heteroatoms. The highest BCUT2D eigenvalue weighted by molar-refractivity contribution is 9.10. The van der Waals surface area contributed by atoms with Gasteiger partial charge in [-0.25, -0.2) is 4.98 Å². The molecule has 1 saturated carbocycles. The van der Waals surface area contributed by atoms with Crippen LogP contribution < -0.4 is 5.32 Å². The van der Waals surface area contributed by atoms with E-state index < -0.39 is 0 Å². The van der Waals surface area contributed by atoms with Crippen LogP contribution in [0, 0.1) is 6.92 Å². The van der Waals surface area contributed by atoms with Gasteiger partial charge < -0.3 is 5.32 Å². The first-order chi connectivity index (χ1) is 9.70. The highest BCUT2D eigenvalue weighted by Gasteiger charge is 2.30. The fourth-order valence-electron chi connectivity index (χ4n) is 2.72. The second-order valence-electron chi connectivity index (χ2n) is 5.70. The highest BCUT2D eigenvalue weighted by atomic mass is 79.9. The van der Waals surface area contributed by atoms with Crippen LogP contribution >= 0.6 is 38.6 Å². The predicted octanol–water partition coefficient (Wildman–Crippen LogP) is 4.61. The molecule has 0 amide bonds. The summed E-state index contributed by atoms with van der Waals surface area (Å²) in [6, 6.07) is 3.26. The molecule has 20 heavy (non-hydrogen) atoms. The summed E-state index contributed by atoms with van der Waals surface area (Å²) >= 11 is 7.46. The van der Waals surface area contributed by atoms with Gasteiger partial charge in [0.2, 0.25) is 0 Å². The molecule has 2 aliphatic carbocycles. The van der Waals surface area contributed by atoms with Crippen LogP contribution in [-0.2, 0) is 12.8 Å². The van der Waals surface area contributed by atoms with Crippen LogP contribution in [0.5, 0.6) is 0 Å². The molecular formula is C15H17BrN2S2. The maximum Gasteiger partial charge on any atom is 0.116 e. The van der Waals surface area contributed by atoms with Crippen molar-refractivity contribution in [1.82, 2.24) is 10.3 Å². The number of fused-ring (bicyclic) bond motifs is 1. The van der Waals surface area contributed by atoms with Gasteiger partial charge in [-0.2, -0.15) is 0 Å². The summed E-state index contributed by atoms with van der Waals surface area (Å²) in [4.78, 5) is 9.21. The molecule has 4 rings (SSSR count). The summed E-state index contributed by atoms with van der Waals surface area (Å²) in [5.41, 5.74) is 1.36. The Balaban J connectivity index is 1.69. The molecule has 2 heterocycles. The molecule has 0 bridgehead atoms. The van der Waals surface area contributed by atoms with Gasteiger partial charge in [0.15, 0.2) is 0 Å². The van der Waals surface area contributed by atoms with Crippen molar-refractivity contribution in [1.29, 1.82) is 0 Å². The first kappa shape index (κ1) is 13.4.